The zero-order chi connectivity index (χ0) is 24.7. The fourth-order valence-corrected chi connectivity index (χ4v) is 3.80. The minimum atomic E-state index is -0.674. The van der Waals surface area contributed by atoms with Crippen LogP contribution in [0, 0.1) is 11.2 Å². The lowest BCUT2D eigenvalue weighted by molar-refractivity contribution is -0.116. The number of halogens is 2. The molecule has 0 atom stereocenters. The summed E-state index contributed by atoms with van der Waals surface area (Å²) < 4.78 is 25.3. The molecule has 0 spiro atoms. The van der Waals surface area contributed by atoms with Gasteiger partial charge in [-0.3, -0.25) is 15.0 Å². The average Bonchev–Trinajstić information content (AvgIpc) is 3.07. The van der Waals surface area contributed by atoms with Gasteiger partial charge in [0.25, 0.3) is 0 Å². The van der Waals surface area contributed by atoms with Crippen molar-refractivity contribution in [3.05, 3.63) is 52.3 Å². The molecule has 1 aliphatic heterocycles. The normalized spacial score (nSPS) is 12.7. The molecule has 1 aliphatic rings. The standard InChI is InChI=1S/C25H30FN3O4.BrH/c1-14(30)28(5)18-9-15(8-17(11-18)25(2,3)4)19(31)13-29-12-16-10-20(32-6)23(33-7)22(26)21(16)24(29)27;/h8-11,27H,12-13H2,1-7H3;1H. The number of hydrogen-bond acceptors (Lipinski definition) is 5. The van der Waals surface area contributed by atoms with Crippen molar-refractivity contribution in [3.8, 4) is 11.5 Å². The van der Waals surface area contributed by atoms with Crippen LogP contribution < -0.4 is 14.4 Å². The first kappa shape index (κ1) is 27.3. The molecule has 0 saturated carbocycles. The van der Waals surface area contributed by atoms with Crippen LogP contribution in [0.1, 0.15) is 54.7 Å². The molecule has 0 radical (unpaired) electrons. The Labute approximate surface area is 210 Å². The van der Waals surface area contributed by atoms with Crippen molar-refractivity contribution in [2.45, 2.75) is 39.7 Å². The van der Waals surface area contributed by atoms with Gasteiger partial charge in [-0.15, -0.1) is 17.0 Å². The number of fused-ring (bicyclic) bond motifs is 1. The second-order valence-corrected chi connectivity index (χ2v) is 9.18. The Bertz CT molecular complexity index is 1140. The van der Waals surface area contributed by atoms with Crippen LogP contribution in [-0.4, -0.2) is 50.2 Å². The highest BCUT2D eigenvalue weighted by molar-refractivity contribution is 8.93. The summed E-state index contributed by atoms with van der Waals surface area (Å²) in [6, 6.07) is 7.04. The molecule has 184 valence electrons. The third-order valence-electron chi connectivity index (χ3n) is 5.91. The molecule has 0 fully saturated rings. The predicted molar refractivity (Wildman–Crippen MR) is 136 cm³/mol. The van der Waals surface area contributed by atoms with E-state index in [-0.39, 0.29) is 70.1 Å². The second kappa shape index (κ2) is 10.1. The van der Waals surface area contributed by atoms with E-state index in [1.54, 1.807) is 19.2 Å². The zero-order valence-electron chi connectivity index (χ0n) is 20.5. The summed E-state index contributed by atoms with van der Waals surface area (Å²) >= 11 is 0. The molecule has 0 bridgehead atoms. The first-order valence-electron chi connectivity index (χ1n) is 10.6. The van der Waals surface area contributed by atoms with Crippen molar-refractivity contribution in [1.82, 2.24) is 4.90 Å². The number of rotatable bonds is 6. The molecule has 0 saturated heterocycles. The summed E-state index contributed by atoms with van der Waals surface area (Å²) in [5, 5.41) is 8.48. The number of ether oxygens (including phenoxy) is 2. The third-order valence-corrected chi connectivity index (χ3v) is 5.91. The molecule has 9 heteroatoms. The first-order valence-corrected chi connectivity index (χ1v) is 10.6. The van der Waals surface area contributed by atoms with Crippen LogP contribution in [0.15, 0.2) is 24.3 Å². The lowest BCUT2D eigenvalue weighted by atomic mass is 9.85. The molecular formula is C25H31BrFN3O4. The van der Waals surface area contributed by atoms with Gasteiger partial charge >= 0.3 is 0 Å². The van der Waals surface area contributed by atoms with E-state index < -0.39 is 5.82 Å². The number of nitrogens with one attached hydrogen (secondary N) is 1. The van der Waals surface area contributed by atoms with E-state index in [9.17, 15) is 9.59 Å². The van der Waals surface area contributed by atoms with E-state index in [4.69, 9.17) is 14.9 Å². The number of anilines is 1. The molecule has 1 heterocycles. The SMILES string of the molecule is Br.COc1cc2c(c(F)c1OC)C(=N)N(CC(=O)c1cc(N(C)C(C)=O)cc(C(C)(C)C)c1)C2. The molecule has 0 aromatic heterocycles. The predicted octanol–water partition coefficient (Wildman–Crippen LogP) is 4.72. The number of benzene rings is 2. The average molecular weight is 536 g/mol. The van der Waals surface area contributed by atoms with Crippen molar-refractivity contribution in [3.63, 3.8) is 0 Å². The molecule has 34 heavy (non-hydrogen) atoms. The van der Waals surface area contributed by atoms with Gasteiger partial charge in [-0.05, 0) is 40.8 Å². The maximum atomic E-state index is 15.0. The van der Waals surface area contributed by atoms with E-state index in [0.717, 1.165) is 5.56 Å². The van der Waals surface area contributed by atoms with Crippen molar-refractivity contribution >= 4 is 40.2 Å². The third kappa shape index (κ3) is 5.09. The molecule has 0 unspecified atom stereocenters. The molecule has 1 N–H and O–H groups in total. The van der Waals surface area contributed by atoms with Crippen molar-refractivity contribution < 1.29 is 23.5 Å². The number of methoxy groups -OCH3 is 2. The quantitative estimate of drug-likeness (QED) is 0.541. The van der Waals surface area contributed by atoms with Gasteiger partial charge in [0.1, 0.15) is 5.84 Å². The summed E-state index contributed by atoms with van der Waals surface area (Å²) in [6.45, 7) is 7.66. The number of nitrogens with zero attached hydrogens (tertiary/aromatic N) is 2. The van der Waals surface area contributed by atoms with Gasteiger partial charge in [-0.1, -0.05) is 20.8 Å². The fourth-order valence-electron chi connectivity index (χ4n) is 3.80. The fraction of sp³-hybridized carbons (Fsp3) is 0.400. The number of amidine groups is 1. The molecule has 3 rings (SSSR count). The van der Waals surface area contributed by atoms with Crippen molar-refractivity contribution in [1.29, 1.82) is 5.41 Å². The van der Waals surface area contributed by atoms with Crippen molar-refractivity contribution in [2.24, 2.45) is 0 Å². The largest absolute Gasteiger partial charge is 0.493 e. The Kier molecular flexibility index (Phi) is 8.14. The summed E-state index contributed by atoms with van der Waals surface area (Å²) in [7, 11) is 4.42. The molecular weight excluding hydrogens is 505 g/mol. The van der Waals surface area contributed by atoms with E-state index in [0.29, 0.717) is 16.8 Å². The maximum Gasteiger partial charge on any atom is 0.223 e. The molecule has 0 aliphatic carbocycles. The van der Waals surface area contributed by atoms with Crippen LogP contribution in [-0.2, 0) is 16.8 Å². The molecule has 2 aromatic carbocycles. The van der Waals surface area contributed by atoms with Crippen LogP contribution in [0.3, 0.4) is 0 Å². The van der Waals surface area contributed by atoms with Crippen LogP contribution in [0.2, 0.25) is 0 Å². The topological polar surface area (TPSA) is 82.9 Å². The highest BCUT2D eigenvalue weighted by atomic mass is 79.9. The Morgan fingerprint density at radius 2 is 1.79 bits per heavy atom. The Morgan fingerprint density at radius 3 is 2.32 bits per heavy atom. The molecule has 1 amide bonds. The van der Waals surface area contributed by atoms with Gasteiger partial charge < -0.3 is 19.3 Å². The van der Waals surface area contributed by atoms with Gasteiger partial charge in [-0.2, -0.15) is 0 Å². The van der Waals surface area contributed by atoms with E-state index in [1.807, 2.05) is 32.9 Å². The lowest BCUT2D eigenvalue weighted by Crippen LogP contribution is -2.31. The van der Waals surface area contributed by atoms with E-state index in [1.165, 1.54) is 30.9 Å². The maximum absolute atomic E-state index is 15.0. The minimum absolute atomic E-state index is 0. The highest BCUT2D eigenvalue weighted by Crippen LogP contribution is 2.38. The van der Waals surface area contributed by atoms with Crippen molar-refractivity contribution in [2.75, 3.05) is 32.7 Å². The summed E-state index contributed by atoms with van der Waals surface area (Å²) in [5.74, 6) is -0.948. The second-order valence-electron chi connectivity index (χ2n) is 9.18. The van der Waals surface area contributed by atoms with Gasteiger partial charge in [0.15, 0.2) is 23.1 Å². The number of Topliss-reactive ketones (excluding diaryl/α,β-unsaturated/α-hetero) is 1. The van der Waals surface area contributed by atoms with Crippen LogP contribution in [0.25, 0.3) is 0 Å². The number of carbonyl (C=O) groups excluding carboxylic acids is 2. The smallest absolute Gasteiger partial charge is 0.223 e. The minimum Gasteiger partial charge on any atom is -0.493 e. The monoisotopic (exact) mass is 535 g/mol. The van der Waals surface area contributed by atoms with Crippen LogP contribution >= 0.6 is 17.0 Å². The number of carbonyl (C=O) groups is 2. The van der Waals surface area contributed by atoms with Gasteiger partial charge in [0.2, 0.25) is 5.91 Å². The summed E-state index contributed by atoms with van der Waals surface area (Å²) in [5.41, 5.74) is 2.40. The Morgan fingerprint density at radius 1 is 1.15 bits per heavy atom. The molecule has 2 aromatic rings. The molecule has 7 nitrogen and oxygen atoms in total. The van der Waals surface area contributed by atoms with Gasteiger partial charge in [0.05, 0.1) is 26.3 Å². The zero-order valence-corrected chi connectivity index (χ0v) is 22.3. The summed E-state index contributed by atoms with van der Waals surface area (Å²) in [4.78, 5) is 28.2. The Hall–Kier alpha value is -2.94. The number of ketones is 1. The highest BCUT2D eigenvalue weighted by Gasteiger charge is 2.33. The van der Waals surface area contributed by atoms with Crippen LogP contribution in [0.4, 0.5) is 10.1 Å². The Balaban J connectivity index is 0.00000408. The van der Waals surface area contributed by atoms with Gasteiger partial charge in [0, 0.05) is 31.8 Å². The van der Waals surface area contributed by atoms with E-state index >= 15 is 4.39 Å². The lowest BCUT2D eigenvalue weighted by Gasteiger charge is -2.24. The first-order chi connectivity index (χ1) is 15.4. The summed E-state index contributed by atoms with van der Waals surface area (Å²) in [6.07, 6.45) is 0. The van der Waals surface area contributed by atoms with E-state index in [2.05, 4.69) is 0 Å². The number of hydrogen-bond donors (Lipinski definition) is 1. The van der Waals surface area contributed by atoms with Gasteiger partial charge in [-0.25, -0.2) is 4.39 Å². The number of amides is 1. The van der Waals surface area contributed by atoms with Crippen LogP contribution in [0.5, 0.6) is 11.5 Å².